The van der Waals surface area contributed by atoms with Crippen LogP contribution in [0.4, 0.5) is 0 Å². The minimum atomic E-state index is -0.611. The van der Waals surface area contributed by atoms with Gasteiger partial charge in [-0.3, -0.25) is 0 Å². The highest BCUT2D eigenvalue weighted by Gasteiger charge is 2.15. The van der Waals surface area contributed by atoms with E-state index in [4.69, 9.17) is 0 Å². The summed E-state index contributed by atoms with van der Waals surface area (Å²) in [7, 11) is 0. The smallest absolute Gasteiger partial charge is 0.123 e. The van der Waals surface area contributed by atoms with Gasteiger partial charge in [-0.2, -0.15) is 0 Å². The first-order chi connectivity index (χ1) is 7.18. The molecule has 1 aromatic carbocycles. The maximum Gasteiger partial charge on any atom is 0.123 e. The lowest BCUT2D eigenvalue weighted by Gasteiger charge is -2.08. The molecular formula is C10H7Br2NOS. The lowest BCUT2D eigenvalue weighted by molar-refractivity contribution is 0.223. The number of aliphatic hydroxyl groups is 1. The van der Waals surface area contributed by atoms with Crippen molar-refractivity contribution in [1.82, 2.24) is 4.98 Å². The van der Waals surface area contributed by atoms with E-state index in [-0.39, 0.29) is 0 Å². The van der Waals surface area contributed by atoms with E-state index in [1.54, 1.807) is 5.51 Å². The molecule has 0 bridgehead atoms. The average Bonchev–Trinajstić information content (AvgIpc) is 2.65. The maximum absolute atomic E-state index is 10.1. The number of rotatable bonds is 2. The Morgan fingerprint density at radius 1 is 1.20 bits per heavy atom. The standard InChI is InChI=1S/C10H7Br2NOS/c11-7-3-1-6(2-4-7)8(14)9-10(12)13-5-15-9/h1-5,8,14H. The number of aromatic nitrogens is 1. The first kappa shape index (κ1) is 11.3. The van der Waals surface area contributed by atoms with E-state index in [1.165, 1.54) is 11.3 Å². The number of benzene rings is 1. The predicted octanol–water partition coefficient (Wildman–Crippen LogP) is 3.75. The van der Waals surface area contributed by atoms with Crippen LogP contribution < -0.4 is 0 Å². The van der Waals surface area contributed by atoms with Gasteiger partial charge in [-0.1, -0.05) is 28.1 Å². The monoisotopic (exact) mass is 347 g/mol. The third kappa shape index (κ3) is 2.47. The van der Waals surface area contributed by atoms with Gasteiger partial charge in [0.2, 0.25) is 0 Å². The third-order valence-electron chi connectivity index (χ3n) is 1.98. The second-order valence-corrected chi connectivity index (χ2v) is 5.51. The zero-order chi connectivity index (χ0) is 10.8. The van der Waals surface area contributed by atoms with E-state index in [2.05, 4.69) is 36.8 Å². The summed E-state index contributed by atoms with van der Waals surface area (Å²) >= 11 is 8.10. The Hall–Kier alpha value is -0.230. The van der Waals surface area contributed by atoms with Gasteiger partial charge in [0, 0.05) is 4.47 Å². The van der Waals surface area contributed by atoms with Crippen molar-refractivity contribution < 1.29 is 5.11 Å². The SMILES string of the molecule is OC(c1ccc(Br)cc1)c1scnc1Br. The van der Waals surface area contributed by atoms with Crippen molar-refractivity contribution in [2.45, 2.75) is 6.10 Å². The molecule has 0 saturated carbocycles. The van der Waals surface area contributed by atoms with Crippen LogP contribution in [-0.2, 0) is 0 Å². The Morgan fingerprint density at radius 2 is 1.87 bits per heavy atom. The summed E-state index contributed by atoms with van der Waals surface area (Å²) in [6.45, 7) is 0. The highest BCUT2D eigenvalue weighted by atomic mass is 79.9. The van der Waals surface area contributed by atoms with Crippen LogP contribution in [0.2, 0.25) is 0 Å². The van der Waals surface area contributed by atoms with Crippen LogP contribution in [0, 0.1) is 0 Å². The van der Waals surface area contributed by atoms with E-state index < -0.39 is 6.10 Å². The van der Waals surface area contributed by atoms with Crippen molar-refractivity contribution in [2.24, 2.45) is 0 Å². The Morgan fingerprint density at radius 3 is 2.40 bits per heavy atom. The minimum absolute atomic E-state index is 0.611. The van der Waals surface area contributed by atoms with Crippen molar-refractivity contribution in [3.05, 3.63) is 49.3 Å². The molecule has 15 heavy (non-hydrogen) atoms. The van der Waals surface area contributed by atoms with Crippen LogP contribution in [0.1, 0.15) is 16.5 Å². The largest absolute Gasteiger partial charge is 0.383 e. The average molecular weight is 349 g/mol. The van der Waals surface area contributed by atoms with Crippen LogP contribution >= 0.6 is 43.2 Å². The van der Waals surface area contributed by atoms with Gasteiger partial charge < -0.3 is 5.11 Å². The number of hydrogen-bond donors (Lipinski definition) is 1. The molecule has 2 rings (SSSR count). The van der Waals surface area contributed by atoms with Gasteiger partial charge in [-0.15, -0.1) is 11.3 Å². The van der Waals surface area contributed by atoms with Crippen molar-refractivity contribution in [3.8, 4) is 0 Å². The molecule has 0 radical (unpaired) electrons. The van der Waals surface area contributed by atoms with Gasteiger partial charge in [-0.05, 0) is 33.6 Å². The summed E-state index contributed by atoms with van der Waals surface area (Å²) in [6.07, 6.45) is -0.611. The number of halogens is 2. The number of nitrogens with zero attached hydrogens (tertiary/aromatic N) is 1. The van der Waals surface area contributed by atoms with Crippen LogP contribution in [0.3, 0.4) is 0 Å². The highest BCUT2D eigenvalue weighted by molar-refractivity contribution is 9.10. The molecule has 0 aliphatic carbocycles. The Kier molecular flexibility index (Phi) is 3.56. The molecule has 0 aliphatic rings. The normalized spacial score (nSPS) is 12.7. The van der Waals surface area contributed by atoms with E-state index in [1.807, 2.05) is 24.3 Å². The predicted molar refractivity (Wildman–Crippen MR) is 68.0 cm³/mol. The molecule has 1 unspecified atom stereocenters. The van der Waals surface area contributed by atoms with Crippen molar-refractivity contribution in [1.29, 1.82) is 0 Å². The van der Waals surface area contributed by atoms with Crippen LogP contribution in [0.5, 0.6) is 0 Å². The number of hydrogen-bond acceptors (Lipinski definition) is 3. The van der Waals surface area contributed by atoms with Gasteiger partial charge in [0.1, 0.15) is 10.7 Å². The summed E-state index contributed by atoms with van der Waals surface area (Å²) in [5.74, 6) is 0. The van der Waals surface area contributed by atoms with Crippen LogP contribution in [0.15, 0.2) is 38.9 Å². The van der Waals surface area contributed by atoms with Gasteiger partial charge in [0.05, 0.1) is 10.4 Å². The van der Waals surface area contributed by atoms with Crippen molar-refractivity contribution in [3.63, 3.8) is 0 Å². The Balaban J connectivity index is 2.32. The maximum atomic E-state index is 10.1. The molecule has 1 atom stereocenters. The van der Waals surface area contributed by atoms with E-state index in [0.717, 1.165) is 14.9 Å². The zero-order valence-electron chi connectivity index (χ0n) is 7.52. The molecular weight excluding hydrogens is 342 g/mol. The molecule has 5 heteroatoms. The fourth-order valence-electron chi connectivity index (χ4n) is 1.22. The van der Waals surface area contributed by atoms with Crippen molar-refractivity contribution >= 4 is 43.2 Å². The summed E-state index contributed by atoms with van der Waals surface area (Å²) in [5, 5.41) is 10.1. The molecule has 2 nitrogen and oxygen atoms in total. The quantitative estimate of drug-likeness (QED) is 0.896. The number of thiazole rings is 1. The lowest BCUT2D eigenvalue weighted by Crippen LogP contribution is -1.97. The minimum Gasteiger partial charge on any atom is -0.383 e. The summed E-state index contributed by atoms with van der Waals surface area (Å²) in [6, 6.07) is 7.60. The second kappa shape index (κ2) is 4.74. The van der Waals surface area contributed by atoms with Crippen LogP contribution in [0.25, 0.3) is 0 Å². The lowest BCUT2D eigenvalue weighted by atomic mass is 10.1. The van der Waals surface area contributed by atoms with E-state index in [0.29, 0.717) is 4.60 Å². The third-order valence-corrected chi connectivity index (χ3v) is 4.29. The van der Waals surface area contributed by atoms with E-state index >= 15 is 0 Å². The van der Waals surface area contributed by atoms with E-state index in [9.17, 15) is 5.11 Å². The number of aliphatic hydroxyl groups excluding tert-OH is 1. The molecule has 0 saturated heterocycles. The highest BCUT2D eigenvalue weighted by Crippen LogP contribution is 2.31. The molecule has 0 spiro atoms. The zero-order valence-corrected chi connectivity index (χ0v) is 11.5. The van der Waals surface area contributed by atoms with Gasteiger partial charge >= 0.3 is 0 Å². The molecule has 2 aromatic rings. The molecule has 1 aromatic heterocycles. The molecule has 78 valence electrons. The Labute approximate surface area is 108 Å². The van der Waals surface area contributed by atoms with Gasteiger partial charge in [-0.25, -0.2) is 4.98 Å². The Bertz CT molecular complexity index is 455. The fourth-order valence-corrected chi connectivity index (χ4v) is 2.90. The molecule has 1 N–H and O–H groups in total. The summed E-state index contributed by atoms with van der Waals surface area (Å²) in [4.78, 5) is 4.88. The molecule has 0 amide bonds. The first-order valence-electron chi connectivity index (χ1n) is 4.21. The fraction of sp³-hybridized carbons (Fsp3) is 0.100. The molecule has 0 aliphatic heterocycles. The van der Waals surface area contributed by atoms with Crippen LogP contribution in [-0.4, -0.2) is 10.1 Å². The van der Waals surface area contributed by atoms with Gasteiger partial charge in [0.25, 0.3) is 0 Å². The summed E-state index contributed by atoms with van der Waals surface area (Å²) < 4.78 is 1.71. The first-order valence-corrected chi connectivity index (χ1v) is 6.67. The topological polar surface area (TPSA) is 33.1 Å². The molecule has 0 fully saturated rings. The van der Waals surface area contributed by atoms with Gasteiger partial charge in [0.15, 0.2) is 0 Å². The second-order valence-electron chi connectivity index (χ2n) is 2.96. The molecule has 1 heterocycles. The van der Waals surface area contributed by atoms with Crippen molar-refractivity contribution in [2.75, 3.05) is 0 Å². The summed E-state index contributed by atoms with van der Waals surface area (Å²) in [5.41, 5.74) is 2.57.